The molecular formula is C18H17N3O3. The number of nitrogens with one attached hydrogen (secondary N) is 1. The van der Waals surface area contributed by atoms with Crippen molar-refractivity contribution in [1.82, 2.24) is 15.1 Å². The largest absolute Gasteiger partial charge is 0.394 e. The zero-order chi connectivity index (χ0) is 16.9. The van der Waals surface area contributed by atoms with E-state index in [4.69, 9.17) is 0 Å². The molecule has 1 heterocycles. The summed E-state index contributed by atoms with van der Waals surface area (Å²) in [5, 5.41) is 16.9. The van der Waals surface area contributed by atoms with Gasteiger partial charge in [0.05, 0.1) is 24.4 Å². The normalized spacial score (nSPS) is 12.0. The van der Waals surface area contributed by atoms with Gasteiger partial charge in [-0.3, -0.25) is 14.3 Å². The molecule has 0 saturated heterocycles. The third kappa shape index (κ3) is 3.33. The molecule has 0 aliphatic rings. The minimum Gasteiger partial charge on any atom is -0.394 e. The summed E-state index contributed by atoms with van der Waals surface area (Å²) in [5.74, 6) is -0.292. The fourth-order valence-electron chi connectivity index (χ4n) is 2.58. The Morgan fingerprint density at radius 2 is 1.83 bits per heavy atom. The molecule has 3 rings (SSSR count). The molecule has 0 aliphatic carbocycles. The van der Waals surface area contributed by atoms with Crippen molar-refractivity contribution in [2.45, 2.75) is 12.6 Å². The maximum atomic E-state index is 12.3. The van der Waals surface area contributed by atoms with Gasteiger partial charge in [-0.1, -0.05) is 42.5 Å². The molecule has 2 N–H and O–H groups in total. The molecule has 0 saturated carbocycles. The second-order valence-corrected chi connectivity index (χ2v) is 5.40. The number of aliphatic hydroxyl groups excluding tert-OH is 1. The van der Waals surface area contributed by atoms with Gasteiger partial charge in [-0.25, -0.2) is 0 Å². The highest BCUT2D eigenvalue weighted by Crippen LogP contribution is 2.12. The molecule has 6 heteroatoms. The minimum atomic E-state index is -0.482. The molecule has 122 valence electrons. The van der Waals surface area contributed by atoms with E-state index in [1.165, 1.54) is 10.9 Å². The summed E-state index contributed by atoms with van der Waals surface area (Å²) in [6, 6.07) is 15.8. The van der Waals surface area contributed by atoms with Crippen LogP contribution in [0.1, 0.15) is 11.6 Å². The molecule has 0 radical (unpaired) electrons. The number of hydrogen-bond acceptors (Lipinski definition) is 4. The van der Waals surface area contributed by atoms with E-state index in [2.05, 4.69) is 10.4 Å². The summed E-state index contributed by atoms with van der Waals surface area (Å²) in [6.45, 7) is -0.238. The van der Waals surface area contributed by atoms with Crippen LogP contribution in [-0.2, 0) is 11.3 Å². The highest BCUT2D eigenvalue weighted by Gasteiger charge is 2.14. The topological polar surface area (TPSA) is 84.2 Å². The SMILES string of the molecule is O=C(Cn1ncc(=O)c2ccccc21)NC(CO)c1ccccc1. The van der Waals surface area contributed by atoms with Gasteiger partial charge < -0.3 is 10.4 Å². The first-order valence-electron chi connectivity index (χ1n) is 7.59. The van der Waals surface area contributed by atoms with Crippen LogP contribution in [0.25, 0.3) is 10.9 Å². The van der Waals surface area contributed by atoms with Gasteiger partial charge in [-0.15, -0.1) is 0 Å². The van der Waals surface area contributed by atoms with E-state index in [0.29, 0.717) is 10.9 Å². The van der Waals surface area contributed by atoms with Gasteiger partial charge in [0.25, 0.3) is 0 Å². The zero-order valence-electron chi connectivity index (χ0n) is 12.9. The molecule has 24 heavy (non-hydrogen) atoms. The number of carbonyl (C=O) groups excluding carboxylic acids is 1. The Bertz CT molecular complexity index is 906. The van der Waals surface area contributed by atoms with E-state index >= 15 is 0 Å². The lowest BCUT2D eigenvalue weighted by Gasteiger charge is -2.17. The molecule has 0 aliphatic heterocycles. The van der Waals surface area contributed by atoms with Crippen LogP contribution in [-0.4, -0.2) is 27.4 Å². The van der Waals surface area contributed by atoms with Crippen LogP contribution in [0.3, 0.4) is 0 Å². The predicted octanol–water partition coefficient (Wildman–Crippen LogP) is 1.25. The van der Waals surface area contributed by atoms with Gasteiger partial charge in [0.1, 0.15) is 6.54 Å². The summed E-state index contributed by atoms with van der Waals surface area (Å²) in [6.07, 6.45) is 1.20. The Morgan fingerprint density at radius 1 is 1.12 bits per heavy atom. The van der Waals surface area contributed by atoms with Crippen molar-refractivity contribution >= 4 is 16.8 Å². The highest BCUT2D eigenvalue weighted by molar-refractivity contribution is 5.81. The first kappa shape index (κ1) is 15.9. The lowest BCUT2D eigenvalue weighted by atomic mass is 10.1. The molecule has 0 bridgehead atoms. The Labute approximate surface area is 138 Å². The summed E-state index contributed by atoms with van der Waals surface area (Å²) in [7, 11) is 0. The van der Waals surface area contributed by atoms with Crippen LogP contribution in [0.15, 0.2) is 65.6 Å². The third-order valence-electron chi connectivity index (χ3n) is 3.78. The van der Waals surface area contributed by atoms with Crippen molar-refractivity contribution in [3.8, 4) is 0 Å². The van der Waals surface area contributed by atoms with Gasteiger partial charge in [-0.05, 0) is 17.7 Å². The Hall–Kier alpha value is -2.99. The number of aromatic nitrogens is 2. The van der Waals surface area contributed by atoms with Crippen molar-refractivity contribution in [3.63, 3.8) is 0 Å². The van der Waals surface area contributed by atoms with Crippen molar-refractivity contribution in [2.24, 2.45) is 0 Å². The van der Waals surface area contributed by atoms with Gasteiger partial charge >= 0.3 is 0 Å². The van der Waals surface area contributed by atoms with Crippen LogP contribution in [0.5, 0.6) is 0 Å². The van der Waals surface area contributed by atoms with E-state index in [-0.39, 0.29) is 24.5 Å². The standard InChI is InChI=1S/C18H17N3O3/c22-12-15(13-6-2-1-3-7-13)20-18(24)11-21-16-9-5-4-8-14(16)17(23)10-19-21/h1-10,15,22H,11-12H2,(H,20,24). The number of carbonyl (C=O) groups is 1. The molecule has 0 fully saturated rings. The van der Waals surface area contributed by atoms with Crippen molar-refractivity contribution in [2.75, 3.05) is 6.61 Å². The van der Waals surface area contributed by atoms with Crippen LogP contribution >= 0.6 is 0 Å². The van der Waals surface area contributed by atoms with Crippen LogP contribution < -0.4 is 10.7 Å². The quantitative estimate of drug-likeness (QED) is 0.740. The van der Waals surface area contributed by atoms with Crippen molar-refractivity contribution in [1.29, 1.82) is 0 Å². The monoisotopic (exact) mass is 323 g/mol. The number of nitrogens with zero attached hydrogens (tertiary/aromatic N) is 2. The second kappa shape index (κ2) is 7.06. The molecule has 0 spiro atoms. The number of fused-ring (bicyclic) bond motifs is 1. The molecule has 1 aromatic heterocycles. The fourth-order valence-corrected chi connectivity index (χ4v) is 2.58. The molecule has 1 unspecified atom stereocenters. The maximum Gasteiger partial charge on any atom is 0.242 e. The van der Waals surface area contributed by atoms with Gasteiger partial charge in [0.2, 0.25) is 11.3 Å². The first-order chi connectivity index (χ1) is 11.7. The average Bonchev–Trinajstić information content (AvgIpc) is 2.63. The number of hydrogen-bond donors (Lipinski definition) is 2. The highest BCUT2D eigenvalue weighted by atomic mass is 16.3. The van der Waals surface area contributed by atoms with Crippen LogP contribution in [0, 0.1) is 0 Å². The number of benzene rings is 2. The van der Waals surface area contributed by atoms with E-state index in [1.54, 1.807) is 24.3 Å². The van der Waals surface area contributed by atoms with Gasteiger partial charge in [0.15, 0.2) is 0 Å². The summed E-state index contributed by atoms with van der Waals surface area (Å²) < 4.78 is 1.48. The van der Waals surface area contributed by atoms with Crippen LogP contribution in [0.2, 0.25) is 0 Å². The summed E-state index contributed by atoms with van der Waals surface area (Å²) in [5.41, 5.74) is 1.24. The van der Waals surface area contributed by atoms with E-state index < -0.39 is 6.04 Å². The number of aliphatic hydroxyl groups is 1. The molecular weight excluding hydrogens is 306 g/mol. The zero-order valence-corrected chi connectivity index (χ0v) is 12.9. The maximum absolute atomic E-state index is 12.3. The lowest BCUT2D eigenvalue weighted by Crippen LogP contribution is -2.34. The Kier molecular flexibility index (Phi) is 4.67. The van der Waals surface area contributed by atoms with Gasteiger partial charge in [-0.2, -0.15) is 5.10 Å². The Balaban J connectivity index is 1.80. The number of rotatable bonds is 5. The van der Waals surface area contributed by atoms with E-state index in [1.807, 2.05) is 30.3 Å². The van der Waals surface area contributed by atoms with Crippen molar-refractivity contribution < 1.29 is 9.90 Å². The summed E-state index contributed by atoms with van der Waals surface area (Å²) in [4.78, 5) is 24.1. The minimum absolute atomic E-state index is 0.0376. The summed E-state index contributed by atoms with van der Waals surface area (Å²) >= 11 is 0. The van der Waals surface area contributed by atoms with Crippen molar-refractivity contribution in [3.05, 3.63) is 76.6 Å². The third-order valence-corrected chi connectivity index (χ3v) is 3.78. The van der Waals surface area contributed by atoms with E-state index in [9.17, 15) is 14.7 Å². The number of amides is 1. The molecule has 3 aromatic rings. The number of para-hydroxylation sites is 1. The molecule has 1 atom stereocenters. The smallest absolute Gasteiger partial charge is 0.242 e. The van der Waals surface area contributed by atoms with E-state index in [0.717, 1.165) is 5.56 Å². The lowest BCUT2D eigenvalue weighted by molar-refractivity contribution is -0.122. The molecule has 6 nitrogen and oxygen atoms in total. The first-order valence-corrected chi connectivity index (χ1v) is 7.59. The molecule has 2 aromatic carbocycles. The fraction of sp³-hybridized carbons (Fsp3) is 0.167. The van der Waals surface area contributed by atoms with Gasteiger partial charge in [0, 0.05) is 5.39 Å². The predicted molar refractivity (Wildman–Crippen MR) is 90.4 cm³/mol. The average molecular weight is 323 g/mol. The second-order valence-electron chi connectivity index (χ2n) is 5.40. The molecule has 1 amide bonds. The Morgan fingerprint density at radius 3 is 2.58 bits per heavy atom. The van der Waals surface area contributed by atoms with Crippen LogP contribution in [0.4, 0.5) is 0 Å².